The van der Waals surface area contributed by atoms with Crippen molar-refractivity contribution in [2.24, 2.45) is 29.2 Å². The number of ketones is 2. The number of carboxylic acid groups (broad SMARTS) is 1. The molecular formula is C69H78Cl2N6O24. The third-order valence-corrected chi connectivity index (χ3v) is 19.2. The number of carbonyl (C=O) groups excluding carboxylic acids is 7. The van der Waals surface area contributed by atoms with E-state index in [-0.39, 0.29) is 51.1 Å². The van der Waals surface area contributed by atoms with Gasteiger partial charge in [0.25, 0.3) is 0 Å². The lowest BCUT2D eigenvalue weighted by molar-refractivity contribution is -0.333. The molecule has 18 N–H and O–H groups in total. The smallest absolute Gasteiger partial charge is 0.330 e. The Hall–Kier alpha value is -8.76. The molecule has 7 aliphatic rings. The van der Waals surface area contributed by atoms with Crippen LogP contribution in [0.25, 0.3) is 11.1 Å². The van der Waals surface area contributed by atoms with Crippen molar-refractivity contribution < 1.29 is 118 Å². The van der Waals surface area contributed by atoms with Gasteiger partial charge < -0.3 is 112 Å². The van der Waals surface area contributed by atoms with Crippen LogP contribution in [0.4, 0.5) is 0 Å². The van der Waals surface area contributed by atoms with Gasteiger partial charge in [0, 0.05) is 59.9 Å². The van der Waals surface area contributed by atoms with E-state index in [0.29, 0.717) is 12.8 Å². The Bertz CT molecular complexity index is 4060. The van der Waals surface area contributed by atoms with Crippen LogP contribution in [0.5, 0.6) is 46.0 Å². The maximum absolute atomic E-state index is 16.2. The van der Waals surface area contributed by atoms with Crippen molar-refractivity contribution in [3.05, 3.63) is 117 Å². The Morgan fingerprint density at radius 2 is 1.38 bits per heavy atom. The van der Waals surface area contributed by atoms with E-state index in [2.05, 4.69) is 21.3 Å². The van der Waals surface area contributed by atoms with Gasteiger partial charge in [0.2, 0.25) is 41.6 Å². The highest BCUT2D eigenvalue weighted by molar-refractivity contribution is 6.32. The molecule has 30 nitrogen and oxygen atoms in total. The average Bonchev–Trinajstić information content (AvgIpc) is 0.775. The SMILES string of the molecule is CC[C@H](CC(C)C)C(=O)N[C@H]1C(=O)C[C@@H](CC(N)=O)C(=O)N[C@H]2C(=O)CC3C(=O)N[C@H](C(=O)N[C@H](C(=O)O)c4cc(O)cc(O)c4-c4cc3ccc4O)[C@H](O)c3ccc(c(Cl)c3)Oc3cc2cc(c3OC2OC(CO)C(O)C(O)C2OC2CC(C)(N)C(O)C(C)O2)Oc2ccc(cc2Cl)[C@H]1O. The van der Waals surface area contributed by atoms with Gasteiger partial charge in [-0.25, -0.2) is 4.79 Å². The van der Waals surface area contributed by atoms with Crippen LogP contribution in [0.1, 0.15) is 131 Å². The highest BCUT2D eigenvalue weighted by atomic mass is 35.5. The number of ether oxygens (including phenoxy) is 6. The first-order valence-corrected chi connectivity index (χ1v) is 33.2. The number of phenols is 3. The van der Waals surface area contributed by atoms with Gasteiger partial charge in [0.05, 0.1) is 40.7 Å². The summed E-state index contributed by atoms with van der Waals surface area (Å²) in [5, 5.41) is 123. The number of carboxylic acids is 1. The molecule has 2 saturated heterocycles. The van der Waals surface area contributed by atoms with Gasteiger partial charge in [-0.2, -0.15) is 0 Å². The number of aliphatic hydroxyl groups excluding tert-OH is 6. The van der Waals surface area contributed by atoms with Crippen LogP contribution in [0, 0.1) is 17.8 Å². The lowest BCUT2D eigenvalue weighted by Crippen LogP contribution is -2.64. The number of Topliss-reactive ketones (excluding diaryl/α,β-unsaturated/α-hetero) is 2. The second-order valence-corrected chi connectivity index (χ2v) is 27.4. The van der Waals surface area contributed by atoms with E-state index >= 15 is 14.4 Å². The molecule has 542 valence electrons. The molecule has 7 heterocycles. The van der Waals surface area contributed by atoms with Gasteiger partial charge in [-0.1, -0.05) is 62.2 Å². The number of hydrogen-bond acceptors (Lipinski definition) is 24. The summed E-state index contributed by atoms with van der Waals surface area (Å²) in [4.78, 5) is 117. The number of phenolic OH excluding ortho intramolecular Hbond substituents is 3. The predicted octanol–water partition coefficient (Wildman–Crippen LogP) is 3.52. The Morgan fingerprint density at radius 1 is 0.743 bits per heavy atom. The third kappa shape index (κ3) is 16.0. The summed E-state index contributed by atoms with van der Waals surface area (Å²) < 4.78 is 38.5. The van der Waals surface area contributed by atoms with E-state index < -0.39 is 238 Å². The normalized spacial score (nSPS) is 29.6. The number of primary amides is 1. The molecule has 18 atom stereocenters. The van der Waals surface area contributed by atoms with Crippen molar-refractivity contribution >= 4 is 70.3 Å². The number of fused-ring (bicyclic) bond motifs is 15. The summed E-state index contributed by atoms with van der Waals surface area (Å²) in [6.07, 6.45) is -19.8. The number of aromatic hydroxyl groups is 3. The second kappa shape index (κ2) is 30.4. The molecule has 5 amide bonds. The number of benzene rings is 5. The fourth-order valence-corrected chi connectivity index (χ4v) is 13.7. The molecule has 5 aromatic carbocycles. The molecule has 0 aliphatic carbocycles. The molecule has 0 radical (unpaired) electrons. The largest absolute Gasteiger partial charge is 0.508 e. The Labute approximate surface area is 586 Å². The molecule has 12 rings (SSSR count). The van der Waals surface area contributed by atoms with Crippen molar-refractivity contribution in [3.8, 4) is 57.1 Å². The number of rotatable bonds is 13. The van der Waals surface area contributed by atoms with Gasteiger partial charge >= 0.3 is 5.97 Å². The van der Waals surface area contributed by atoms with Crippen molar-refractivity contribution in [1.29, 1.82) is 0 Å². The maximum atomic E-state index is 16.2. The number of carbonyl (C=O) groups is 8. The molecule has 2 fully saturated rings. The van der Waals surface area contributed by atoms with E-state index in [9.17, 15) is 75.0 Å². The van der Waals surface area contributed by atoms with Gasteiger partial charge in [-0.05, 0) is 109 Å². The minimum Gasteiger partial charge on any atom is -0.508 e. The highest BCUT2D eigenvalue weighted by Crippen LogP contribution is 2.50. The number of hydrogen-bond donors (Lipinski definition) is 16. The van der Waals surface area contributed by atoms with E-state index in [4.69, 9.17) is 63.1 Å². The van der Waals surface area contributed by atoms with Crippen molar-refractivity contribution in [1.82, 2.24) is 21.3 Å². The Kier molecular flexibility index (Phi) is 22.6. The van der Waals surface area contributed by atoms with Crippen LogP contribution < -0.4 is 46.9 Å². The second-order valence-electron chi connectivity index (χ2n) is 26.6. The molecule has 7 aliphatic heterocycles. The molecule has 0 spiro atoms. The van der Waals surface area contributed by atoms with E-state index in [1.807, 2.05) is 13.8 Å². The first-order chi connectivity index (χ1) is 47.7. The first-order valence-electron chi connectivity index (χ1n) is 32.4. The molecule has 11 bridgehead atoms. The molecular weight excluding hydrogens is 1370 g/mol. The van der Waals surface area contributed by atoms with Crippen molar-refractivity contribution in [2.75, 3.05) is 6.61 Å². The van der Waals surface area contributed by atoms with Crippen LogP contribution in [0.15, 0.2) is 78.9 Å². The van der Waals surface area contributed by atoms with Crippen LogP contribution >= 0.6 is 23.2 Å². The summed E-state index contributed by atoms with van der Waals surface area (Å²) in [5.74, 6) is -18.9. The van der Waals surface area contributed by atoms with Crippen LogP contribution in [-0.4, -0.2) is 172 Å². The predicted molar refractivity (Wildman–Crippen MR) is 353 cm³/mol. The number of aliphatic hydroxyl groups is 6. The summed E-state index contributed by atoms with van der Waals surface area (Å²) >= 11 is 14.2. The maximum Gasteiger partial charge on any atom is 0.330 e. The summed E-state index contributed by atoms with van der Waals surface area (Å²) in [6.45, 7) is 7.55. The van der Waals surface area contributed by atoms with Crippen molar-refractivity contribution in [3.63, 3.8) is 0 Å². The fourth-order valence-electron chi connectivity index (χ4n) is 13.2. The van der Waals surface area contributed by atoms with Crippen molar-refractivity contribution in [2.45, 2.75) is 170 Å². The zero-order chi connectivity index (χ0) is 73.5. The first kappa shape index (κ1) is 74.9. The molecule has 32 heteroatoms. The Balaban J connectivity index is 1.24. The Morgan fingerprint density at radius 3 is 1.96 bits per heavy atom. The number of nitrogens with one attached hydrogen (secondary N) is 4. The number of halogens is 2. The summed E-state index contributed by atoms with van der Waals surface area (Å²) in [5.41, 5.74) is 8.53. The molecule has 0 saturated carbocycles. The lowest BCUT2D eigenvalue weighted by Gasteiger charge is -2.47. The minimum absolute atomic E-state index is 0.0143. The molecule has 5 aromatic rings. The minimum atomic E-state index is -2.24. The number of nitrogens with two attached hydrogens (primary N) is 2. The quantitative estimate of drug-likeness (QED) is 0.0801. The van der Waals surface area contributed by atoms with Gasteiger partial charge in [-0.15, -0.1) is 0 Å². The summed E-state index contributed by atoms with van der Waals surface area (Å²) in [7, 11) is 0. The molecule has 10 unspecified atom stereocenters. The van der Waals surface area contributed by atoms with E-state index in [1.165, 1.54) is 38.1 Å². The van der Waals surface area contributed by atoms with Crippen LogP contribution in [0.2, 0.25) is 10.0 Å². The molecule has 0 aromatic heterocycles. The van der Waals surface area contributed by atoms with Crippen LogP contribution in [-0.2, 0) is 52.6 Å². The van der Waals surface area contributed by atoms with E-state index in [1.54, 1.807) is 6.92 Å². The molecule has 101 heavy (non-hydrogen) atoms. The lowest BCUT2D eigenvalue weighted by atomic mass is 9.84. The summed E-state index contributed by atoms with van der Waals surface area (Å²) in [6, 6.07) is 5.66. The van der Waals surface area contributed by atoms with Crippen LogP contribution in [0.3, 0.4) is 0 Å². The monoisotopic (exact) mass is 1440 g/mol. The number of aliphatic carboxylic acids is 1. The standard InChI is InChI=1S/C69H78Cl2N6O24/c1-6-28(13-26(2)3)63(90)76-54-42(82)17-33(20-49(72)84)64(91)74-52-32-18-46(97-44-11-8-30(56(54)85)15-38(44)70)60(101-68-61(59(88)58(87)48(25-78)99-68)100-50-24-69(5,73)62(89)27(4)96-50)47(19-32)98-45-12-9-31(16-39(45)71)57(86)55-66(93)75-53(67(94)95)37-21-34(79)22-41(81)51(37)36-14-29(7-10-40(36)80)35(23-43(52)83)65(92)77-55/h7-12,14-16,18-19,21-22,26-28,33,35,48,50,52-59,61-62,68,78-81,85-89H,6,13,17,20,23-25,73H2,1-5H3,(H2,72,84)(H,74,91)(H,75,93)(H,76,90)(H,77,92)(H,94,95)/t27?,28-,33+,35?,48?,50?,52-,53+,54+,55+,56-,57-,58?,59?,61?,62?,68?,69?/m1/s1. The topological polar surface area (TPSA) is 494 Å². The zero-order valence-corrected chi connectivity index (χ0v) is 56.5. The number of amides is 5. The third-order valence-electron chi connectivity index (χ3n) is 18.6. The van der Waals surface area contributed by atoms with Gasteiger partial charge in [-0.3, -0.25) is 33.6 Å². The van der Waals surface area contributed by atoms with Gasteiger partial charge in [0.15, 0.2) is 41.5 Å². The van der Waals surface area contributed by atoms with E-state index in [0.717, 1.165) is 54.6 Å². The zero-order valence-electron chi connectivity index (χ0n) is 54.9. The highest BCUT2D eigenvalue weighted by Gasteiger charge is 2.51. The fraction of sp³-hybridized carbons (Fsp3) is 0.449. The average molecular weight is 1450 g/mol. The van der Waals surface area contributed by atoms with Gasteiger partial charge in [0.1, 0.15) is 77.4 Å².